The number of hydrogen-bond acceptors (Lipinski definition) is 12. The van der Waals surface area contributed by atoms with Gasteiger partial charge in [-0.1, -0.05) is 24.3 Å². The van der Waals surface area contributed by atoms with Gasteiger partial charge in [0, 0.05) is 29.5 Å². The minimum Gasteiger partial charge on any atom is -0.508 e. The molecule has 0 aromatic heterocycles. The molecule has 0 unspecified atom stereocenters. The highest BCUT2D eigenvalue weighted by atomic mass is 16.6. The summed E-state index contributed by atoms with van der Waals surface area (Å²) in [5, 5.41) is 82.9. The first kappa shape index (κ1) is 26.4. The second kappa shape index (κ2) is 9.41. The highest BCUT2D eigenvalue weighted by molar-refractivity contribution is 5.92. The number of ether oxygens (including phenoxy) is 2. The Morgan fingerprint density at radius 2 is 0.976 bits per heavy atom. The zero-order valence-electron chi connectivity index (χ0n) is 21.3. The summed E-state index contributed by atoms with van der Waals surface area (Å²) in [7, 11) is 0. The lowest BCUT2D eigenvalue weighted by Crippen LogP contribution is -2.46. The van der Waals surface area contributed by atoms with Crippen molar-refractivity contribution in [2.45, 2.75) is 11.8 Å². The number of fused-ring (bicyclic) bond motifs is 2. The molecule has 8 N–H and O–H groups in total. The summed E-state index contributed by atoms with van der Waals surface area (Å²) >= 11 is 0. The van der Waals surface area contributed by atoms with Gasteiger partial charge in [-0.15, -0.1) is 0 Å². The molecule has 12 nitrogen and oxygen atoms in total. The average molecular weight is 574 g/mol. The van der Waals surface area contributed by atoms with E-state index in [-0.39, 0.29) is 33.9 Å². The number of rotatable bonds is 3. The molecule has 4 atom stereocenters. The van der Waals surface area contributed by atoms with Crippen LogP contribution in [0.15, 0.2) is 60.7 Å². The molecule has 0 radical (unpaired) electrons. The molecular formula is C30H22O12. The summed E-state index contributed by atoms with van der Waals surface area (Å²) < 4.78 is 10.9. The van der Waals surface area contributed by atoms with Crippen molar-refractivity contribution in [2.24, 2.45) is 11.8 Å². The summed E-state index contributed by atoms with van der Waals surface area (Å²) in [6.45, 7) is 0. The topological polar surface area (TPSA) is 214 Å². The molecule has 2 aliphatic heterocycles. The Hall–Kier alpha value is -5.78. The van der Waals surface area contributed by atoms with E-state index in [0.717, 1.165) is 12.1 Å². The van der Waals surface area contributed by atoms with Crippen molar-refractivity contribution in [1.29, 1.82) is 0 Å². The standard InChI is InChI=1S/C30H22O12/c31-13-5-1-11(2-6-13)18-20-16(34)9-15(33)10-17(20)41-29(39)21(18)22-19(12-3-7-14(32)8-4-12)23-24(35)25(36)26(37)27(38)28(23)42-30(22)40/h1-10,18-19,21-22,31-38H/t18-,19+,21-,22-/m1/s1. The van der Waals surface area contributed by atoms with Gasteiger partial charge >= 0.3 is 11.9 Å². The Balaban J connectivity index is 1.65. The maximum atomic E-state index is 13.8. The van der Waals surface area contributed by atoms with Crippen LogP contribution in [0.25, 0.3) is 0 Å². The number of carbonyl (C=O) groups is 2. The van der Waals surface area contributed by atoms with E-state index in [9.17, 15) is 50.4 Å². The zero-order chi connectivity index (χ0) is 30.0. The number of benzene rings is 4. The molecule has 2 aliphatic rings. The van der Waals surface area contributed by atoms with Crippen molar-refractivity contribution >= 4 is 11.9 Å². The van der Waals surface area contributed by atoms with Crippen LogP contribution in [0.4, 0.5) is 0 Å². The first-order chi connectivity index (χ1) is 20.0. The van der Waals surface area contributed by atoms with E-state index in [0.29, 0.717) is 5.56 Å². The van der Waals surface area contributed by atoms with Crippen LogP contribution in [-0.4, -0.2) is 52.8 Å². The summed E-state index contributed by atoms with van der Waals surface area (Å²) in [5.74, 6) is -13.8. The van der Waals surface area contributed by atoms with Crippen LogP contribution in [0.5, 0.6) is 57.5 Å². The van der Waals surface area contributed by atoms with Crippen molar-refractivity contribution in [3.8, 4) is 57.5 Å². The molecule has 2 heterocycles. The average Bonchev–Trinajstić information content (AvgIpc) is 2.95. The van der Waals surface area contributed by atoms with Crippen LogP contribution in [0, 0.1) is 11.8 Å². The van der Waals surface area contributed by atoms with Gasteiger partial charge in [0.15, 0.2) is 11.5 Å². The van der Waals surface area contributed by atoms with Crippen molar-refractivity contribution in [3.05, 3.63) is 82.9 Å². The largest absolute Gasteiger partial charge is 0.508 e. The molecule has 0 spiro atoms. The molecule has 4 aromatic rings. The van der Waals surface area contributed by atoms with Crippen molar-refractivity contribution in [3.63, 3.8) is 0 Å². The fourth-order valence-corrected chi connectivity index (χ4v) is 5.88. The molecule has 0 aliphatic carbocycles. The molecule has 0 bridgehead atoms. The van der Waals surface area contributed by atoms with Crippen LogP contribution < -0.4 is 9.47 Å². The van der Waals surface area contributed by atoms with Crippen LogP contribution in [0.2, 0.25) is 0 Å². The summed E-state index contributed by atoms with van der Waals surface area (Å²) in [4.78, 5) is 27.6. The number of hydrogen-bond donors (Lipinski definition) is 8. The maximum absolute atomic E-state index is 13.8. The third-order valence-electron chi connectivity index (χ3n) is 7.68. The van der Waals surface area contributed by atoms with Gasteiger partial charge in [0.2, 0.25) is 17.2 Å². The Bertz CT molecular complexity index is 1760. The molecule has 4 aromatic carbocycles. The number of phenolic OH excluding ortho intramolecular Hbond substituents is 8. The lowest BCUT2D eigenvalue weighted by atomic mass is 9.65. The molecule has 0 saturated carbocycles. The molecule has 0 fully saturated rings. The zero-order valence-corrected chi connectivity index (χ0v) is 21.3. The lowest BCUT2D eigenvalue weighted by molar-refractivity contribution is -0.154. The first-order valence-electron chi connectivity index (χ1n) is 12.5. The molecule has 214 valence electrons. The molecular weight excluding hydrogens is 552 g/mol. The Morgan fingerprint density at radius 3 is 1.52 bits per heavy atom. The van der Waals surface area contributed by atoms with Crippen LogP contribution in [0.1, 0.15) is 34.1 Å². The summed E-state index contributed by atoms with van der Waals surface area (Å²) in [5.41, 5.74) is 0.275. The van der Waals surface area contributed by atoms with Crippen LogP contribution in [0.3, 0.4) is 0 Å². The number of phenols is 8. The van der Waals surface area contributed by atoms with E-state index >= 15 is 0 Å². The second-order valence-corrected chi connectivity index (χ2v) is 10.0. The monoisotopic (exact) mass is 574 g/mol. The minimum atomic E-state index is -1.57. The van der Waals surface area contributed by atoms with E-state index < -0.39 is 75.9 Å². The van der Waals surface area contributed by atoms with Crippen molar-refractivity contribution in [1.82, 2.24) is 0 Å². The Kier molecular flexibility index (Phi) is 5.92. The SMILES string of the molecule is O=C1Oc2cc(O)cc(O)c2[C@@H](c2ccc(O)cc2)[C@@H]1[C@@H]1C(=O)Oc2c(O)c(O)c(O)c(O)c2[C@H]1c1ccc(O)cc1. The Morgan fingerprint density at radius 1 is 0.500 bits per heavy atom. The third kappa shape index (κ3) is 3.91. The van der Waals surface area contributed by atoms with Crippen molar-refractivity contribution < 1.29 is 59.9 Å². The molecule has 0 saturated heterocycles. The van der Waals surface area contributed by atoms with E-state index in [2.05, 4.69) is 0 Å². The third-order valence-corrected chi connectivity index (χ3v) is 7.68. The van der Waals surface area contributed by atoms with E-state index in [1.165, 1.54) is 48.5 Å². The van der Waals surface area contributed by atoms with Gasteiger partial charge in [0.25, 0.3) is 0 Å². The molecule has 42 heavy (non-hydrogen) atoms. The van der Waals surface area contributed by atoms with E-state index in [4.69, 9.17) is 9.47 Å². The highest BCUT2D eigenvalue weighted by Crippen LogP contribution is 2.61. The van der Waals surface area contributed by atoms with Gasteiger partial charge in [-0.05, 0) is 35.4 Å². The minimum absolute atomic E-state index is 0.0340. The lowest BCUT2D eigenvalue weighted by Gasteiger charge is -2.41. The molecule has 12 heteroatoms. The van der Waals surface area contributed by atoms with E-state index in [1.807, 2.05) is 0 Å². The molecule has 6 rings (SSSR count). The van der Waals surface area contributed by atoms with Crippen molar-refractivity contribution in [2.75, 3.05) is 0 Å². The normalized spacial score (nSPS) is 21.1. The Labute approximate surface area is 236 Å². The highest BCUT2D eigenvalue weighted by Gasteiger charge is 2.55. The van der Waals surface area contributed by atoms with Gasteiger partial charge < -0.3 is 50.3 Å². The molecule has 0 amide bonds. The fourth-order valence-electron chi connectivity index (χ4n) is 5.88. The predicted molar refractivity (Wildman–Crippen MR) is 141 cm³/mol. The van der Waals surface area contributed by atoms with Gasteiger partial charge in [0.1, 0.15) is 28.7 Å². The second-order valence-electron chi connectivity index (χ2n) is 10.0. The van der Waals surface area contributed by atoms with Gasteiger partial charge in [-0.2, -0.15) is 0 Å². The van der Waals surface area contributed by atoms with Gasteiger partial charge in [-0.3, -0.25) is 9.59 Å². The smallest absolute Gasteiger partial charge is 0.316 e. The van der Waals surface area contributed by atoms with Gasteiger partial charge in [-0.25, -0.2) is 0 Å². The van der Waals surface area contributed by atoms with E-state index in [1.54, 1.807) is 0 Å². The predicted octanol–water partition coefficient (Wildman–Crippen LogP) is 3.37. The number of aromatic hydroxyl groups is 8. The fraction of sp³-hybridized carbons (Fsp3) is 0.133. The quantitative estimate of drug-likeness (QED) is 0.0765. The first-order valence-corrected chi connectivity index (χ1v) is 12.5. The van der Waals surface area contributed by atoms with Crippen LogP contribution >= 0.6 is 0 Å². The maximum Gasteiger partial charge on any atom is 0.316 e. The van der Waals surface area contributed by atoms with Crippen LogP contribution in [-0.2, 0) is 9.59 Å². The number of esters is 2. The number of carbonyl (C=O) groups excluding carboxylic acids is 2. The van der Waals surface area contributed by atoms with Gasteiger partial charge in [0.05, 0.1) is 17.4 Å². The summed E-state index contributed by atoms with van der Waals surface area (Å²) in [6, 6.07) is 13.1. The summed E-state index contributed by atoms with van der Waals surface area (Å²) in [6.07, 6.45) is 0.